The maximum Gasteiger partial charge on any atom is 0.221 e. The molecule has 0 bridgehead atoms. The van der Waals surface area contributed by atoms with Gasteiger partial charge >= 0.3 is 0 Å². The van der Waals surface area contributed by atoms with Gasteiger partial charge in [-0.25, -0.2) is 0 Å². The van der Waals surface area contributed by atoms with Crippen LogP contribution in [0.25, 0.3) is 0 Å². The van der Waals surface area contributed by atoms with Gasteiger partial charge in [0.2, 0.25) is 5.91 Å². The lowest BCUT2D eigenvalue weighted by Crippen LogP contribution is -2.38. The molecular formula is C11H22N2O3. The highest BCUT2D eigenvalue weighted by Crippen LogP contribution is 1.97. The number of hydrogen-bond donors (Lipinski definition) is 1. The van der Waals surface area contributed by atoms with E-state index in [4.69, 9.17) is 9.47 Å². The van der Waals surface area contributed by atoms with E-state index >= 15 is 0 Å². The molecule has 1 saturated heterocycles. The zero-order chi connectivity index (χ0) is 11.6. The molecule has 0 aromatic rings. The Balaban J connectivity index is 1.96. The van der Waals surface area contributed by atoms with Gasteiger partial charge in [0.25, 0.3) is 0 Å². The van der Waals surface area contributed by atoms with Crippen molar-refractivity contribution in [2.45, 2.75) is 12.8 Å². The maximum atomic E-state index is 11.4. The van der Waals surface area contributed by atoms with Crippen LogP contribution in [0.1, 0.15) is 12.8 Å². The van der Waals surface area contributed by atoms with Crippen molar-refractivity contribution < 1.29 is 14.3 Å². The summed E-state index contributed by atoms with van der Waals surface area (Å²) in [4.78, 5) is 13.7. The van der Waals surface area contributed by atoms with Crippen molar-refractivity contribution in [3.8, 4) is 0 Å². The van der Waals surface area contributed by atoms with Crippen LogP contribution in [0.15, 0.2) is 0 Å². The SMILES string of the molecule is COCCCNC(=O)CCN1CCOCC1. The van der Waals surface area contributed by atoms with E-state index in [0.29, 0.717) is 19.6 Å². The van der Waals surface area contributed by atoms with Gasteiger partial charge in [-0.3, -0.25) is 9.69 Å². The third kappa shape index (κ3) is 6.05. The molecule has 1 amide bonds. The molecule has 5 heteroatoms. The highest BCUT2D eigenvalue weighted by atomic mass is 16.5. The first-order valence-electron chi connectivity index (χ1n) is 5.88. The molecule has 0 saturated carbocycles. The zero-order valence-corrected chi connectivity index (χ0v) is 10.0. The molecule has 0 aliphatic carbocycles. The average molecular weight is 230 g/mol. The van der Waals surface area contributed by atoms with Crippen LogP contribution in [0.5, 0.6) is 0 Å². The van der Waals surface area contributed by atoms with E-state index < -0.39 is 0 Å². The third-order valence-corrected chi connectivity index (χ3v) is 2.61. The Bertz CT molecular complexity index is 194. The topological polar surface area (TPSA) is 50.8 Å². The maximum absolute atomic E-state index is 11.4. The van der Waals surface area contributed by atoms with Crippen molar-refractivity contribution in [2.24, 2.45) is 0 Å². The number of amides is 1. The van der Waals surface area contributed by atoms with Gasteiger partial charge in [0.15, 0.2) is 0 Å². The van der Waals surface area contributed by atoms with E-state index in [0.717, 1.165) is 39.3 Å². The van der Waals surface area contributed by atoms with Crippen LogP contribution in [0.3, 0.4) is 0 Å². The highest BCUT2D eigenvalue weighted by molar-refractivity contribution is 5.75. The minimum Gasteiger partial charge on any atom is -0.385 e. The lowest BCUT2D eigenvalue weighted by Gasteiger charge is -2.26. The largest absolute Gasteiger partial charge is 0.385 e. The fourth-order valence-corrected chi connectivity index (χ4v) is 1.62. The summed E-state index contributed by atoms with van der Waals surface area (Å²) >= 11 is 0. The molecule has 1 aliphatic heterocycles. The number of rotatable bonds is 7. The van der Waals surface area contributed by atoms with Gasteiger partial charge in [0.05, 0.1) is 13.2 Å². The number of morpholine rings is 1. The lowest BCUT2D eigenvalue weighted by molar-refractivity contribution is -0.121. The van der Waals surface area contributed by atoms with Crippen LogP contribution in [0.2, 0.25) is 0 Å². The summed E-state index contributed by atoms with van der Waals surface area (Å²) in [6.45, 7) is 5.69. The molecule has 1 heterocycles. The van der Waals surface area contributed by atoms with Crippen molar-refractivity contribution in [2.75, 3.05) is 53.1 Å². The smallest absolute Gasteiger partial charge is 0.221 e. The van der Waals surface area contributed by atoms with Crippen LogP contribution in [0, 0.1) is 0 Å². The first-order valence-corrected chi connectivity index (χ1v) is 5.88. The predicted octanol–water partition coefficient (Wildman–Crippen LogP) is -0.139. The van der Waals surface area contributed by atoms with Crippen LogP contribution in [-0.2, 0) is 14.3 Å². The molecule has 16 heavy (non-hydrogen) atoms. The van der Waals surface area contributed by atoms with Gasteiger partial charge in [-0.05, 0) is 6.42 Å². The monoisotopic (exact) mass is 230 g/mol. The molecule has 0 aromatic carbocycles. The quantitative estimate of drug-likeness (QED) is 0.619. The molecule has 0 spiro atoms. The first-order chi connectivity index (χ1) is 7.83. The van der Waals surface area contributed by atoms with Crippen molar-refractivity contribution in [3.05, 3.63) is 0 Å². The van der Waals surface area contributed by atoms with E-state index in [-0.39, 0.29) is 5.91 Å². The summed E-state index contributed by atoms with van der Waals surface area (Å²) in [5.74, 6) is 0.127. The van der Waals surface area contributed by atoms with Gasteiger partial charge < -0.3 is 14.8 Å². The molecule has 5 nitrogen and oxygen atoms in total. The molecule has 0 atom stereocenters. The second-order valence-corrected chi connectivity index (χ2v) is 3.90. The molecule has 1 fully saturated rings. The Kier molecular flexibility index (Phi) is 7.12. The molecule has 0 unspecified atom stereocenters. The standard InChI is InChI=1S/C11H22N2O3/c1-15-8-2-4-12-11(14)3-5-13-6-9-16-10-7-13/h2-10H2,1H3,(H,12,14). The molecule has 0 radical (unpaired) electrons. The van der Waals surface area contributed by atoms with E-state index in [9.17, 15) is 4.79 Å². The number of carbonyl (C=O) groups excluding carboxylic acids is 1. The fraction of sp³-hybridized carbons (Fsp3) is 0.909. The van der Waals surface area contributed by atoms with E-state index in [2.05, 4.69) is 10.2 Å². The van der Waals surface area contributed by atoms with Crippen LogP contribution < -0.4 is 5.32 Å². The summed E-state index contributed by atoms with van der Waals surface area (Å²) in [6, 6.07) is 0. The predicted molar refractivity (Wildman–Crippen MR) is 61.4 cm³/mol. The Morgan fingerprint density at radius 2 is 2.19 bits per heavy atom. The van der Waals surface area contributed by atoms with Gasteiger partial charge in [-0.1, -0.05) is 0 Å². The van der Waals surface area contributed by atoms with Crippen molar-refractivity contribution >= 4 is 5.91 Å². The zero-order valence-electron chi connectivity index (χ0n) is 10.0. The van der Waals surface area contributed by atoms with Crippen molar-refractivity contribution in [1.82, 2.24) is 10.2 Å². The number of methoxy groups -OCH3 is 1. The number of hydrogen-bond acceptors (Lipinski definition) is 4. The summed E-state index contributed by atoms with van der Waals surface area (Å²) in [6.07, 6.45) is 1.45. The third-order valence-electron chi connectivity index (χ3n) is 2.61. The Morgan fingerprint density at radius 1 is 1.44 bits per heavy atom. The van der Waals surface area contributed by atoms with E-state index in [1.807, 2.05) is 0 Å². The highest BCUT2D eigenvalue weighted by Gasteiger charge is 2.11. The first kappa shape index (κ1) is 13.4. The minimum atomic E-state index is 0.127. The number of nitrogens with zero attached hydrogens (tertiary/aromatic N) is 1. The van der Waals surface area contributed by atoms with Crippen molar-refractivity contribution in [3.63, 3.8) is 0 Å². The number of carbonyl (C=O) groups is 1. The molecule has 1 rings (SSSR count). The second-order valence-electron chi connectivity index (χ2n) is 3.90. The summed E-state index contributed by atoms with van der Waals surface area (Å²) in [5.41, 5.74) is 0. The summed E-state index contributed by atoms with van der Waals surface area (Å²) in [7, 11) is 1.67. The Hall–Kier alpha value is -0.650. The fourth-order valence-electron chi connectivity index (χ4n) is 1.62. The molecule has 94 valence electrons. The lowest BCUT2D eigenvalue weighted by atomic mass is 10.3. The van der Waals surface area contributed by atoms with Crippen LogP contribution >= 0.6 is 0 Å². The molecule has 1 aliphatic rings. The van der Waals surface area contributed by atoms with Crippen LogP contribution in [0.4, 0.5) is 0 Å². The Labute approximate surface area is 97.1 Å². The van der Waals surface area contributed by atoms with Crippen LogP contribution in [-0.4, -0.2) is 63.9 Å². The second kappa shape index (κ2) is 8.50. The summed E-state index contributed by atoms with van der Waals surface area (Å²) < 4.78 is 10.1. The molecule has 1 N–H and O–H groups in total. The van der Waals surface area contributed by atoms with Gasteiger partial charge in [-0.15, -0.1) is 0 Å². The van der Waals surface area contributed by atoms with E-state index in [1.54, 1.807) is 7.11 Å². The van der Waals surface area contributed by atoms with Gasteiger partial charge in [0.1, 0.15) is 0 Å². The van der Waals surface area contributed by atoms with Crippen molar-refractivity contribution in [1.29, 1.82) is 0 Å². The minimum absolute atomic E-state index is 0.127. The Morgan fingerprint density at radius 3 is 2.88 bits per heavy atom. The average Bonchev–Trinajstić information content (AvgIpc) is 2.33. The van der Waals surface area contributed by atoms with Gasteiger partial charge in [0, 0.05) is 46.3 Å². The molecule has 0 aromatic heterocycles. The number of nitrogens with one attached hydrogen (secondary N) is 1. The van der Waals surface area contributed by atoms with E-state index in [1.165, 1.54) is 0 Å². The summed E-state index contributed by atoms with van der Waals surface area (Å²) in [5, 5.41) is 2.88. The normalized spacial score (nSPS) is 17.3. The molecular weight excluding hydrogens is 208 g/mol. The van der Waals surface area contributed by atoms with Gasteiger partial charge in [-0.2, -0.15) is 0 Å². The number of ether oxygens (including phenoxy) is 2.